The fourth-order valence-electron chi connectivity index (χ4n) is 2.44. The molecule has 0 atom stereocenters. The summed E-state index contributed by atoms with van der Waals surface area (Å²) >= 11 is 0. The highest BCUT2D eigenvalue weighted by molar-refractivity contribution is 5.91. The Hall–Kier alpha value is -1.40. The fourth-order valence-corrected chi connectivity index (χ4v) is 2.44. The molecule has 0 saturated carbocycles. The highest BCUT2D eigenvalue weighted by atomic mass is 16.5. The van der Waals surface area contributed by atoms with Gasteiger partial charge in [-0.15, -0.1) is 0 Å². The summed E-state index contributed by atoms with van der Waals surface area (Å²) < 4.78 is 5.02. The van der Waals surface area contributed by atoms with Crippen LogP contribution in [0.5, 0.6) is 0 Å². The predicted molar refractivity (Wildman–Crippen MR) is 65.4 cm³/mol. The zero-order valence-corrected chi connectivity index (χ0v) is 10.6. The van der Waals surface area contributed by atoms with Crippen LogP contribution >= 0.6 is 0 Å². The van der Waals surface area contributed by atoms with E-state index in [4.69, 9.17) is 4.52 Å². The van der Waals surface area contributed by atoms with Crippen LogP contribution in [0.3, 0.4) is 0 Å². The van der Waals surface area contributed by atoms with E-state index in [0.29, 0.717) is 11.8 Å². The standard InChI is InChI=1S/C12H18N4O2/c1-9-6-11(18-14-9)12(17)16-4-2-15(3-5-16)10-7-13-8-10/h6,10,13H,2-5,7-8H2,1H3. The van der Waals surface area contributed by atoms with Gasteiger partial charge in [0.25, 0.3) is 5.91 Å². The highest BCUT2D eigenvalue weighted by Crippen LogP contribution is 2.13. The van der Waals surface area contributed by atoms with Gasteiger partial charge in [0.2, 0.25) is 5.76 Å². The summed E-state index contributed by atoms with van der Waals surface area (Å²) in [5.41, 5.74) is 0.748. The number of nitrogens with one attached hydrogen (secondary N) is 1. The van der Waals surface area contributed by atoms with Crippen molar-refractivity contribution < 1.29 is 9.32 Å². The second-order valence-electron chi connectivity index (χ2n) is 4.97. The maximum absolute atomic E-state index is 12.1. The number of carbonyl (C=O) groups is 1. The van der Waals surface area contributed by atoms with Crippen LogP contribution in [0.25, 0.3) is 0 Å². The van der Waals surface area contributed by atoms with Crippen molar-refractivity contribution in [2.75, 3.05) is 39.3 Å². The first kappa shape index (κ1) is 11.7. The van der Waals surface area contributed by atoms with Crippen LogP contribution in [0, 0.1) is 6.92 Å². The third-order valence-corrected chi connectivity index (χ3v) is 3.72. The molecule has 0 bridgehead atoms. The number of hydrogen-bond donors (Lipinski definition) is 1. The SMILES string of the molecule is Cc1cc(C(=O)N2CCN(C3CNC3)CC2)on1. The molecule has 6 nitrogen and oxygen atoms in total. The summed E-state index contributed by atoms with van der Waals surface area (Å²) in [6, 6.07) is 2.36. The number of carbonyl (C=O) groups excluding carboxylic acids is 1. The molecule has 2 fully saturated rings. The minimum Gasteiger partial charge on any atom is -0.351 e. The van der Waals surface area contributed by atoms with E-state index in [1.807, 2.05) is 11.8 Å². The van der Waals surface area contributed by atoms with E-state index in [2.05, 4.69) is 15.4 Å². The molecule has 2 aliphatic rings. The van der Waals surface area contributed by atoms with Gasteiger partial charge < -0.3 is 14.7 Å². The molecule has 98 valence electrons. The van der Waals surface area contributed by atoms with Gasteiger partial charge in [-0.2, -0.15) is 0 Å². The zero-order valence-electron chi connectivity index (χ0n) is 10.6. The van der Waals surface area contributed by atoms with Gasteiger partial charge in [0, 0.05) is 51.4 Å². The van der Waals surface area contributed by atoms with Crippen molar-refractivity contribution in [2.24, 2.45) is 0 Å². The second kappa shape index (κ2) is 4.70. The molecule has 2 saturated heterocycles. The Morgan fingerprint density at radius 1 is 1.39 bits per heavy atom. The topological polar surface area (TPSA) is 61.6 Å². The molecule has 1 amide bonds. The van der Waals surface area contributed by atoms with E-state index in [0.717, 1.165) is 45.0 Å². The number of aromatic nitrogens is 1. The van der Waals surface area contributed by atoms with Crippen LogP contribution in [0.1, 0.15) is 16.2 Å². The third kappa shape index (κ3) is 2.13. The molecule has 3 heterocycles. The first-order valence-electron chi connectivity index (χ1n) is 6.41. The van der Waals surface area contributed by atoms with E-state index in [1.165, 1.54) is 0 Å². The Morgan fingerprint density at radius 2 is 2.11 bits per heavy atom. The van der Waals surface area contributed by atoms with E-state index in [1.54, 1.807) is 6.07 Å². The van der Waals surface area contributed by atoms with Crippen molar-refractivity contribution in [3.63, 3.8) is 0 Å². The van der Waals surface area contributed by atoms with Gasteiger partial charge in [0.1, 0.15) is 0 Å². The number of rotatable bonds is 2. The number of piperazine rings is 1. The molecule has 1 aromatic heterocycles. The molecule has 0 aliphatic carbocycles. The Balaban J connectivity index is 1.57. The van der Waals surface area contributed by atoms with Crippen LogP contribution in [-0.4, -0.2) is 66.2 Å². The van der Waals surface area contributed by atoms with Crippen molar-refractivity contribution in [3.8, 4) is 0 Å². The van der Waals surface area contributed by atoms with Crippen molar-refractivity contribution in [3.05, 3.63) is 17.5 Å². The fraction of sp³-hybridized carbons (Fsp3) is 0.667. The maximum Gasteiger partial charge on any atom is 0.292 e. The van der Waals surface area contributed by atoms with Crippen molar-refractivity contribution in [1.82, 2.24) is 20.3 Å². The van der Waals surface area contributed by atoms with Crippen LogP contribution < -0.4 is 5.32 Å². The lowest BCUT2D eigenvalue weighted by atomic mass is 10.1. The molecule has 2 aliphatic heterocycles. The minimum absolute atomic E-state index is 0.0398. The van der Waals surface area contributed by atoms with E-state index >= 15 is 0 Å². The van der Waals surface area contributed by atoms with E-state index in [-0.39, 0.29) is 5.91 Å². The quantitative estimate of drug-likeness (QED) is 0.781. The Morgan fingerprint density at radius 3 is 2.61 bits per heavy atom. The summed E-state index contributed by atoms with van der Waals surface area (Å²) in [5.74, 6) is 0.313. The monoisotopic (exact) mass is 250 g/mol. The van der Waals surface area contributed by atoms with Gasteiger partial charge in [0.15, 0.2) is 0 Å². The summed E-state index contributed by atoms with van der Waals surface area (Å²) in [4.78, 5) is 16.4. The Labute approximate surface area is 106 Å². The number of amides is 1. The van der Waals surface area contributed by atoms with Crippen molar-refractivity contribution in [1.29, 1.82) is 0 Å². The molecular formula is C12H18N4O2. The van der Waals surface area contributed by atoms with Gasteiger partial charge in [-0.05, 0) is 6.92 Å². The normalized spacial score (nSPS) is 21.9. The van der Waals surface area contributed by atoms with E-state index < -0.39 is 0 Å². The largest absolute Gasteiger partial charge is 0.351 e. The summed E-state index contributed by atoms with van der Waals surface area (Å²) in [6.45, 7) is 7.42. The first-order chi connectivity index (χ1) is 8.74. The smallest absolute Gasteiger partial charge is 0.292 e. The van der Waals surface area contributed by atoms with Gasteiger partial charge in [-0.1, -0.05) is 5.16 Å². The Kier molecular flexibility index (Phi) is 3.05. The molecule has 18 heavy (non-hydrogen) atoms. The van der Waals surface area contributed by atoms with Gasteiger partial charge in [0.05, 0.1) is 5.69 Å². The lowest BCUT2D eigenvalue weighted by Gasteiger charge is -2.43. The van der Waals surface area contributed by atoms with E-state index in [9.17, 15) is 4.79 Å². The molecule has 1 aromatic rings. The first-order valence-corrected chi connectivity index (χ1v) is 6.41. The van der Waals surface area contributed by atoms with Crippen LogP contribution in [0.2, 0.25) is 0 Å². The molecule has 0 spiro atoms. The Bertz CT molecular complexity index is 433. The maximum atomic E-state index is 12.1. The summed E-state index contributed by atoms with van der Waals surface area (Å²) in [6.07, 6.45) is 0. The lowest BCUT2D eigenvalue weighted by molar-refractivity contribution is 0.0470. The molecule has 0 radical (unpaired) electrons. The lowest BCUT2D eigenvalue weighted by Crippen LogP contribution is -2.62. The molecule has 0 unspecified atom stereocenters. The van der Waals surface area contributed by atoms with Gasteiger partial charge in [-0.25, -0.2) is 0 Å². The minimum atomic E-state index is -0.0398. The van der Waals surface area contributed by atoms with Gasteiger partial charge >= 0.3 is 0 Å². The van der Waals surface area contributed by atoms with Crippen LogP contribution in [-0.2, 0) is 0 Å². The van der Waals surface area contributed by atoms with Gasteiger partial charge in [-0.3, -0.25) is 9.69 Å². The van der Waals surface area contributed by atoms with Crippen molar-refractivity contribution >= 4 is 5.91 Å². The average molecular weight is 250 g/mol. The van der Waals surface area contributed by atoms with Crippen LogP contribution in [0.15, 0.2) is 10.6 Å². The molecule has 6 heteroatoms. The van der Waals surface area contributed by atoms with Crippen LogP contribution in [0.4, 0.5) is 0 Å². The molecule has 1 N–H and O–H groups in total. The second-order valence-corrected chi connectivity index (χ2v) is 4.97. The number of hydrogen-bond acceptors (Lipinski definition) is 5. The molecular weight excluding hydrogens is 232 g/mol. The average Bonchev–Trinajstić information content (AvgIpc) is 2.74. The number of nitrogens with zero attached hydrogens (tertiary/aromatic N) is 3. The third-order valence-electron chi connectivity index (χ3n) is 3.72. The molecule has 3 rings (SSSR count). The predicted octanol–water partition coefficient (Wildman–Crippen LogP) is -0.287. The summed E-state index contributed by atoms with van der Waals surface area (Å²) in [5, 5.41) is 7.03. The number of aryl methyl sites for hydroxylation is 1. The summed E-state index contributed by atoms with van der Waals surface area (Å²) in [7, 11) is 0. The molecule has 0 aromatic carbocycles. The van der Waals surface area contributed by atoms with Crippen molar-refractivity contribution in [2.45, 2.75) is 13.0 Å². The highest BCUT2D eigenvalue weighted by Gasteiger charge is 2.30. The zero-order chi connectivity index (χ0) is 12.5.